The van der Waals surface area contributed by atoms with Gasteiger partial charge in [-0.3, -0.25) is 9.48 Å². The molecule has 2 atom stereocenters. The van der Waals surface area contributed by atoms with E-state index in [4.69, 9.17) is 4.74 Å². The second-order valence-corrected chi connectivity index (χ2v) is 7.43. The number of nitrogens with zero attached hydrogens (tertiary/aromatic N) is 2. The summed E-state index contributed by atoms with van der Waals surface area (Å²) in [5.74, 6) is -1.43. The van der Waals surface area contributed by atoms with Gasteiger partial charge in [-0.15, -0.1) is 0 Å². The van der Waals surface area contributed by atoms with Gasteiger partial charge in [0, 0.05) is 36.4 Å². The fourth-order valence-corrected chi connectivity index (χ4v) is 3.65. The van der Waals surface area contributed by atoms with Crippen LogP contribution in [-0.4, -0.2) is 45.0 Å². The Kier molecular flexibility index (Phi) is 5.06. The molecule has 27 heavy (non-hydrogen) atoms. The average molecular weight is 371 g/mol. The van der Waals surface area contributed by atoms with Crippen molar-refractivity contribution in [2.24, 2.45) is 5.41 Å². The molecule has 7 nitrogen and oxygen atoms in total. The first-order valence-electron chi connectivity index (χ1n) is 9.04. The molecule has 2 N–H and O–H groups in total. The van der Waals surface area contributed by atoms with Crippen LogP contribution in [-0.2, 0) is 16.1 Å². The predicted molar refractivity (Wildman–Crippen MR) is 99.4 cm³/mol. The minimum absolute atomic E-state index is 0.199. The van der Waals surface area contributed by atoms with Gasteiger partial charge < -0.3 is 15.2 Å². The SMILES string of the molecule is CCOC1CC(NC(=O)c2ccc(Cn3cccn3)cc2)(C(=O)O)C1(C)C. The monoisotopic (exact) mass is 371 g/mol. The van der Waals surface area contributed by atoms with Crippen LogP contribution >= 0.6 is 0 Å². The quantitative estimate of drug-likeness (QED) is 0.779. The normalized spacial score (nSPS) is 23.4. The number of carboxylic acid groups (broad SMARTS) is 1. The predicted octanol–water partition coefficient (Wildman–Crippen LogP) is 2.32. The van der Waals surface area contributed by atoms with Crippen LogP contribution in [0, 0.1) is 5.41 Å². The molecule has 0 bridgehead atoms. The van der Waals surface area contributed by atoms with Crippen LogP contribution in [0.15, 0.2) is 42.7 Å². The fourth-order valence-electron chi connectivity index (χ4n) is 3.65. The Morgan fingerprint density at radius 2 is 2.04 bits per heavy atom. The standard InChI is InChI=1S/C20H25N3O4/c1-4-27-16-12-20(18(25)26,19(16,2)3)22-17(24)15-8-6-14(7-9-15)13-23-11-5-10-21-23/h5-11,16H,4,12-13H2,1-3H3,(H,22,24)(H,25,26). The summed E-state index contributed by atoms with van der Waals surface area (Å²) in [6, 6.07) is 8.95. The van der Waals surface area contributed by atoms with Gasteiger partial charge in [0.15, 0.2) is 0 Å². The van der Waals surface area contributed by atoms with Gasteiger partial charge in [-0.1, -0.05) is 26.0 Å². The van der Waals surface area contributed by atoms with Crippen LogP contribution in [0.5, 0.6) is 0 Å². The first-order valence-corrected chi connectivity index (χ1v) is 9.04. The van der Waals surface area contributed by atoms with Crippen LogP contribution in [0.2, 0.25) is 0 Å². The zero-order valence-corrected chi connectivity index (χ0v) is 15.8. The maximum absolute atomic E-state index is 12.7. The molecule has 2 aromatic rings. The van der Waals surface area contributed by atoms with Crippen molar-refractivity contribution in [3.8, 4) is 0 Å². The largest absolute Gasteiger partial charge is 0.479 e. The highest BCUT2D eigenvalue weighted by Crippen LogP contribution is 2.51. The third-order valence-electron chi connectivity index (χ3n) is 5.58. The third-order valence-corrected chi connectivity index (χ3v) is 5.58. The molecule has 1 fully saturated rings. The average Bonchev–Trinajstić information content (AvgIpc) is 3.13. The Hall–Kier alpha value is -2.67. The molecule has 1 amide bonds. The van der Waals surface area contributed by atoms with Crippen molar-refractivity contribution in [2.75, 3.05) is 6.61 Å². The smallest absolute Gasteiger partial charge is 0.330 e. The topological polar surface area (TPSA) is 93.5 Å². The van der Waals surface area contributed by atoms with Gasteiger partial charge >= 0.3 is 5.97 Å². The molecule has 1 aromatic carbocycles. The van der Waals surface area contributed by atoms with Gasteiger partial charge in [0.25, 0.3) is 5.91 Å². The first kappa shape index (κ1) is 19.1. The summed E-state index contributed by atoms with van der Waals surface area (Å²) < 4.78 is 7.42. The highest BCUT2D eigenvalue weighted by atomic mass is 16.5. The minimum Gasteiger partial charge on any atom is -0.479 e. The van der Waals surface area contributed by atoms with Crippen molar-refractivity contribution in [1.29, 1.82) is 0 Å². The molecule has 0 radical (unpaired) electrons. The van der Waals surface area contributed by atoms with Crippen LogP contribution in [0.4, 0.5) is 0 Å². The number of rotatable bonds is 7. The molecule has 1 aliphatic rings. The molecule has 0 spiro atoms. The number of carbonyl (C=O) groups excluding carboxylic acids is 1. The number of nitrogens with one attached hydrogen (secondary N) is 1. The maximum atomic E-state index is 12.7. The first-order chi connectivity index (χ1) is 12.8. The van der Waals surface area contributed by atoms with Crippen molar-refractivity contribution in [2.45, 2.75) is 45.4 Å². The van der Waals surface area contributed by atoms with E-state index in [2.05, 4.69) is 10.4 Å². The lowest BCUT2D eigenvalue weighted by molar-refractivity contribution is -0.190. The summed E-state index contributed by atoms with van der Waals surface area (Å²) in [7, 11) is 0. The van der Waals surface area contributed by atoms with Gasteiger partial charge in [0.05, 0.1) is 12.6 Å². The molecule has 3 rings (SSSR count). The zero-order valence-electron chi connectivity index (χ0n) is 15.8. The second-order valence-electron chi connectivity index (χ2n) is 7.43. The molecular formula is C20H25N3O4. The third kappa shape index (κ3) is 3.35. The summed E-state index contributed by atoms with van der Waals surface area (Å²) >= 11 is 0. The van der Waals surface area contributed by atoms with E-state index in [0.29, 0.717) is 18.7 Å². The Morgan fingerprint density at radius 1 is 1.33 bits per heavy atom. The number of hydrogen-bond donors (Lipinski definition) is 2. The van der Waals surface area contributed by atoms with Crippen molar-refractivity contribution in [3.63, 3.8) is 0 Å². The van der Waals surface area contributed by atoms with Crippen LogP contribution in [0.1, 0.15) is 43.1 Å². The molecule has 1 aromatic heterocycles. The highest BCUT2D eigenvalue weighted by molar-refractivity contribution is 5.98. The van der Waals surface area contributed by atoms with Crippen LogP contribution in [0.3, 0.4) is 0 Å². The lowest BCUT2D eigenvalue weighted by Gasteiger charge is -2.58. The summed E-state index contributed by atoms with van der Waals surface area (Å²) in [6.07, 6.45) is 3.63. The molecular weight excluding hydrogens is 346 g/mol. The maximum Gasteiger partial charge on any atom is 0.330 e. The summed E-state index contributed by atoms with van der Waals surface area (Å²) in [5, 5.41) is 16.7. The lowest BCUT2D eigenvalue weighted by atomic mass is 9.54. The minimum atomic E-state index is -1.34. The van der Waals surface area contributed by atoms with Crippen molar-refractivity contribution in [1.82, 2.24) is 15.1 Å². The number of aliphatic carboxylic acids is 1. The Bertz CT molecular complexity index is 814. The second kappa shape index (κ2) is 7.15. The van der Waals surface area contributed by atoms with E-state index in [1.54, 1.807) is 23.0 Å². The van der Waals surface area contributed by atoms with E-state index in [9.17, 15) is 14.7 Å². The van der Waals surface area contributed by atoms with Gasteiger partial charge in [0.2, 0.25) is 0 Å². The Morgan fingerprint density at radius 3 is 2.56 bits per heavy atom. The highest BCUT2D eigenvalue weighted by Gasteiger charge is 2.66. The zero-order chi connectivity index (χ0) is 19.7. The van der Waals surface area contributed by atoms with Crippen molar-refractivity contribution in [3.05, 3.63) is 53.9 Å². The summed E-state index contributed by atoms with van der Waals surface area (Å²) in [5.41, 5.74) is -0.610. The number of carboxylic acids is 1. The number of ether oxygens (including phenoxy) is 1. The molecule has 144 valence electrons. The molecule has 1 heterocycles. The number of aromatic nitrogens is 2. The number of amides is 1. The molecule has 7 heteroatoms. The van der Waals surface area contributed by atoms with E-state index in [1.807, 2.05) is 45.2 Å². The molecule has 0 saturated heterocycles. The lowest BCUT2D eigenvalue weighted by Crippen LogP contribution is -2.76. The Balaban J connectivity index is 1.72. The molecule has 2 unspecified atom stereocenters. The number of carbonyl (C=O) groups is 2. The van der Waals surface area contributed by atoms with E-state index >= 15 is 0 Å². The molecule has 1 aliphatic carbocycles. The van der Waals surface area contributed by atoms with Crippen molar-refractivity contribution >= 4 is 11.9 Å². The summed E-state index contributed by atoms with van der Waals surface area (Å²) in [6.45, 7) is 6.63. The van der Waals surface area contributed by atoms with E-state index < -0.39 is 22.8 Å². The Labute approximate surface area is 158 Å². The number of hydrogen-bond acceptors (Lipinski definition) is 4. The van der Waals surface area contributed by atoms with Crippen LogP contribution < -0.4 is 5.32 Å². The van der Waals surface area contributed by atoms with E-state index in [1.165, 1.54) is 0 Å². The van der Waals surface area contributed by atoms with Crippen LogP contribution in [0.25, 0.3) is 0 Å². The summed E-state index contributed by atoms with van der Waals surface area (Å²) in [4.78, 5) is 24.7. The fraction of sp³-hybridized carbons (Fsp3) is 0.450. The van der Waals surface area contributed by atoms with Gasteiger partial charge in [-0.05, 0) is 30.7 Å². The van der Waals surface area contributed by atoms with Crippen molar-refractivity contribution < 1.29 is 19.4 Å². The number of benzene rings is 1. The molecule has 0 aliphatic heterocycles. The van der Waals surface area contributed by atoms with E-state index in [-0.39, 0.29) is 12.5 Å². The molecule has 1 saturated carbocycles. The van der Waals surface area contributed by atoms with Gasteiger partial charge in [0.1, 0.15) is 5.54 Å². The van der Waals surface area contributed by atoms with E-state index in [0.717, 1.165) is 5.56 Å². The van der Waals surface area contributed by atoms with Gasteiger partial charge in [-0.2, -0.15) is 5.10 Å². The van der Waals surface area contributed by atoms with Gasteiger partial charge in [-0.25, -0.2) is 4.79 Å².